The number of carbonyl (C=O) groups is 4. The van der Waals surface area contributed by atoms with Gasteiger partial charge in [-0.15, -0.1) is 0 Å². The van der Waals surface area contributed by atoms with E-state index in [0.29, 0.717) is 55.5 Å². The minimum absolute atomic E-state index is 0.00562. The molecule has 4 amide bonds. The molecule has 0 radical (unpaired) electrons. The number of rotatable bonds is 9. The van der Waals surface area contributed by atoms with Crippen LogP contribution < -0.4 is 5.32 Å². The van der Waals surface area contributed by atoms with Crippen LogP contribution in [0.4, 0.5) is 0 Å². The Labute approximate surface area is 395 Å². The number of aromatic nitrogens is 3. The van der Waals surface area contributed by atoms with Crippen molar-refractivity contribution in [2.75, 3.05) is 52.4 Å². The van der Waals surface area contributed by atoms with Crippen molar-refractivity contribution < 1.29 is 19.2 Å². The van der Waals surface area contributed by atoms with Crippen LogP contribution in [-0.2, 0) is 35.6 Å². The minimum Gasteiger partial charge on any atom is -0.332 e. The molecule has 1 unspecified atom stereocenters. The SMILES string of the molecule is O=C1CCC(N2Cc3cc(CN4CC(N5CCN(CC#Cc6ccc(/C=C/c7ccc(C(=O)N8CCc9cnc(-c%10cnc%11ccccc%11c%10)nc9C8)cc7)cc6)CC5)C4)ccc3C2=O)C(=O)N1. The number of amides is 4. The molecule has 68 heavy (non-hydrogen) atoms. The van der Waals surface area contributed by atoms with Crippen molar-refractivity contribution in [1.82, 2.24) is 44.8 Å². The van der Waals surface area contributed by atoms with E-state index in [1.165, 1.54) is 5.56 Å². The van der Waals surface area contributed by atoms with Gasteiger partial charge in [-0.05, 0) is 83.1 Å². The van der Waals surface area contributed by atoms with Gasteiger partial charge in [0.1, 0.15) is 6.04 Å². The molecule has 5 aliphatic rings. The van der Waals surface area contributed by atoms with E-state index in [1.54, 1.807) is 4.90 Å². The molecule has 1 N–H and O–H groups in total. The average Bonchev–Trinajstić information content (AvgIpc) is 3.68. The third-order valence-electron chi connectivity index (χ3n) is 14.0. The standard InChI is InChI=1S/C55H51N9O4/c65-51-20-19-50(53(66)59-51)64-33-45-28-40(15-18-47(45)55(64)68)32-61-34-46(35-61)62-26-24-60(25-27-62)22-3-4-37-7-9-38(10-8-37)11-12-39-13-16-41(17-14-39)54(67)63-23-21-43-30-57-52(58-49(43)36-63)44-29-42-5-1-2-6-48(42)56-31-44/h1-2,5-18,28-31,46,50H,19-27,32-36H2,(H,59,65,66)/b12-11+. The van der Waals surface area contributed by atoms with Crippen LogP contribution in [0.5, 0.6) is 0 Å². The summed E-state index contributed by atoms with van der Waals surface area (Å²) in [5.41, 5.74) is 10.3. The van der Waals surface area contributed by atoms with E-state index >= 15 is 0 Å². The Morgan fingerprint density at radius 1 is 0.765 bits per heavy atom. The van der Waals surface area contributed by atoms with Gasteiger partial charge in [0, 0.05) is 111 Å². The summed E-state index contributed by atoms with van der Waals surface area (Å²) in [5.74, 6) is 6.57. The van der Waals surface area contributed by atoms with E-state index in [4.69, 9.17) is 4.98 Å². The third kappa shape index (κ3) is 9.18. The zero-order chi connectivity index (χ0) is 46.1. The molecule has 0 saturated carbocycles. The second-order valence-corrected chi connectivity index (χ2v) is 18.5. The van der Waals surface area contributed by atoms with Gasteiger partial charge in [-0.2, -0.15) is 0 Å². The lowest BCUT2D eigenvalue weighted by atomic mass is 10.0. The summed E-state index contributed by atoms with van der Waals surface area (Å²) in [7, 11) is 0. The van der Waals surface area contributed by atoms with E-state index in [-0.39, 0.29) is 30.0 Å². The number of piperazine rings is 1. The highest BCUT2D eigenvalue weighted by Crippen LogP contribution is 2.30. The molecular weight excluding hydrogens is 851 g/mol. The maximum absolute atomic E-state index is 13.6. The second kappa shape index (κ2) is 18.7. The number of likely N-dealkylation sites (tertiary alicyclic amines) is 1. The summed E-state index contributed by atoms with van der Waals surface area (Å²) < 4.78 is 0. The van der Waals surface area contributed by atoms with Crippen molar-refractivity contribution in [2.24, 2.45) is 0 Å². The van der Waals surface area contributed by atoms with Gasteiger partial charge in [0.15, 0.2) is 5.82 Å². The van der Waals surface area contributed by atoms with Crippen LogP contribution in [0.25, 0.3) is 34.4 Å². The van der Waals surface area contributed by atoms with Crippen LogP contribution in [-0.4, -0.2) is 128 Å². The fourth-order valence-corrected chi connectivity index (χ4v) is 10.0. The smallest absolute Gasteiger partial charge is 0.255 e. The largest absolute Gasteiger partial charge is 0.332 e. The summed E-state index contributed by atoms with van der Waals surface area (Å²) in [5, 5.41) is 3.41. The lowest BCUT2D eigenvalue weighted by Gasteiger charge is -2.48. The van der Waals surface area contributed by atoms with Gasteiger partial charge in [0.2, 0.25) is 11.8 Å². The molecule has 11 rings (SSSR count). The first-order chi connectivity index (χ1) is 33.3. The van der Waals surface area contributed by atoms with Crippen LogP contribution in [0.1, 0.15) is 72.6 Å². The van der Waals surface area contributed by atoms with E-state index < -0.39 is 6.04 Å². The highest BCUT2D eigenvalue weighted by molar-refractivity contribution is 6.05. The Bertz CT molecular complexity index is 3040. The van der Waals surface area contributed by atoms with E-state index in [1.807, 2.05) is 78.0 Å². The number of hydrogen-bond acceptors (Lipinski definition) is 10. The molecule has 7 heterocycles. The molecule has 0 aliphatic carbocycles. The highest BCUT2D eigenvalue weighted by atomic mass is 16.2. The van der Waals surface area contributed by atoms with E-state index in [2.05, 4.69) is 90.4 Å². The molecule has 0 bridgehead atoms. The molecule has 0 spiro atoms. The van der Waals surface area contributed by atoms with Crippen molar-refractivity contribution >= 4 is 46.7 Å². The van der Waals surface area contributed by atoms with E-state index in [9.17, 15) is 19.2 Å². The summed E-state index contributed by atoms with van der Waals surface area (Å²) in [6.07, 6.45) is 9.18. The first-order valence-electron chi connectivity index (χ1n) is 23.6. The summed E-state index contributed by atoms with van der Waals surface area (Å²) in [6.45, 7) is 9.17. The van der Waals surface area contributed by atoms with E-state index in [0.717, 1.165) is 102 Å². The second-order valence-electron chi connectivity index (χ2n) is 18.5. The summed E-state index contributed by atoms with van der Waals surface area (Å²) in [6, 6.07) is 32.1. The first-order valence-corrected chi connectivity index (χ1v) is 23.6. The lowest BCUT2D eigenvalue weighted by Crippen LogP contribution is -2.62. The molecule has 6 aromatic rings. The zero-order valence-corrected chi connectivity index (χ0v) is 37.8. The molecule has 4 aromatic carbocycles. The molecule has 3 saturated heterocycles. The third-order valence-corrected chi connectivity index (χ3v) is 14.0. The molecule has 13 heteroatoms. The Kier molecular flexibility index (Phi) is 11.9. The fraction of sp³-hybridized carbons (Fsp3) is 0.291. The summed E-state index contributed by atoms with van der Waals surface area (Å²) in [4.78, 5) is 75.8. The van der Waals surface area contributed by atoms with Gasteiger partial charge in [0.25, 0.3) is 11.8 Å². The van der Waals surface area contributed by atoms with Crippen molar-refractivity contribution in [1.29, 1.82) is 0 Å². The average molecular weight is 902 g/mol. The lowest BCUT2D eigenvalue weighted by molar-refractivity contribution is -0.136. The Morgan fingerprint density at radius 2 is 1.54 bits per heavy atom. The number of nitrogens with zero attached hydrogens (tertiary/aromatic N) is 8. The Morgan fingerprint density at radius 3 is 2.34 bits per heavy atom. The van der Waals surface area contributed by atoms with Crippen molar-refractivity contribution in [3.63, 3.8) is 0 Å². The number of benzene rings is 4. The number of imide groups is 1. The normalized spacial score (nSPS) is 19.1. The first kappa shape index (κ1) is 43.2. The predicted molar refractivity (Wildman–Crippen MR) is 259 cm³/mol. The maximum Gasteiger partial charge on any atom is 0.255 e. The number of fused-ring (bicyclic) bond motifs is 3. The number of piperidine rings is 1. The minimum atomic E-state index is -0.591. The topological polar surface area (TPSA) is 135 Å². The van der Waals surface area contributed by atoms with Gasteiger partial charge in [0.05, 0.1) is 24.3 Å². The van der Waals surface area contributed by atoms with Crippen molar-refractivity contribution in [2.45, 2.75) is 51.0 Å². The number of hydrogen-bond donors (Lipinski definition) is 1. The van der Waals surface area contributed by atoms with Gasteiger partial charge in [-0.1, -0.05) is 78.6 Å². The Hall–Kier alpha value is -7.37. The molecule has 3 fully saturated rings. The maximum atomic E-state index is 13.6. The quantitative estimate of drug-likeness (QED) is 0.110. The van der Waals surface area contributed by atoms with Gasteiger partial charge in [-0.3, -0.25) is 44.2 Å². The fourth-order valence-electron chi connectivity index (χ4n) is 10.0. The molecular formula is C55H51N9O4. The van der Waals surface area contributed by atoms with Gasteiger partial charge >= 0.3 is 0 Å². The number of para-hydroxylation sites is 1. The predicted octanol–water partition coefficient (Wildman–Crippen LogP) is 5.68. The molecule has 13 nitrogen and oxygen atoms in total. The van der Waals surface area contributed by atoms with Crippen LogP contribution in [0, 0.1) is 11.8 Å². The van der Waals surface area contributed by atoms with Crippen LogP contribution in [0.3, 0.4) is 0 Å². The van der Waals surface area contributed by atoms with Gasteiger partial charge in [-0.25, -0.2) is 9.97 Å². The Balaban J connectivity index is 0.605. The molecule has 5 aliphatic heterocycles. The zero-order valence-electron chi connectivity index (χ0n) is 37.8. The number of pyridine rings is 1. The summed E-state index contributed by atoms with van der Waals surface area (Å²) >= 11 is 0. The number of carbonyl (C=O) groups excluding carboxylic acids is 4. The van der Waals surface area contributed by atoms with Crippen molar-refractivity contribution in [3.05, 3.63) is 160 Å². The molecule has 340 valence electrons. The number of nitrogens with one attached hydrogen (secondary N) is 1. The van der Waals surface area contributed by atoms with Crippen LogP contribution in [0.2, 0.25) is 0 Å². The molecule has 2 aromatic heterocycles. The highest BCUT2D eigenvalue weighted by Gasteiger charge is 2.39. The van der Waals surface area contributed by atoms with Crippen LogP contribution >= 0.6 is 0 Å². The van der Waals surface area contributed by atoms with Crippen LogP contribution in [0.15, 0.2) is 109 Å². The van der Waals surface area contributed by atoms with Crippen molar-refractivity contribution in [3.8, 4) is 23.2 Å². The van der Waals surface area contributed by atoms with Gasteiger partial charge < -0.3 is 9.80 Å². The molecule has 1 atom stereocenters. The monoisotopic (exact) mass is 901 g/mol.